The molecule has 0 fully saturated rings. The van der Waals surface area contributed by atoms with Gasteiger partial charge in [-0.25, -0.2) is 0 Å². The molecule has 5 heteroatoms. The van der Waals surface area contributed by atoms with E-state index >= 15 is 0 Å². The van der Waals surface area contributed by atoms with Gasteiger partial charge in [0.15, 0.2) is 0 Å². The maximum absolute atomic E-state index is 7.39. The molecular weight excluding hydrogens is 563 g/mol. The van der Waals surface area contributed by atoms with Crippen LogP contribution in [0.5, 0.6) is 11.5 Å². The number of hydrogen-bond donors (Lipinski definition) is 0. The predicted octanol–water partition coefficient (Wildman–Crippen LogP) is 5.43. The molecule has 1 heterocycles. The van der Waals surface area contributed by atoms with Crippen LogP contribution in [0.4, 0.5) is 0 Å². The molecule has 3 aromatic carbocycles. The molecule has 1 aliphatic heterocycles. The van der Waals surface area contributed by atoms with E-state index in [9.17, 15) is 0 Å². The summed E-state index contributed by atoms with van der Waals surface area (Å²) >= 11 is -4.22. The van der Waals surface area contributed by atoms with Crippen LogP contribution < -0.4 is 13.3 Å². The molecule has 0 saturated heterocycles. The van der Waals surface area contributed by atoms with E-state index in [1.165, 1.54) is 29.4 Å². The Labute approximate surface area is 229 Å². The van der Waals surface area contributed by atoms with Crippen molar-refractivity contribution in [1.29, 1.82) is 0 Å². The van der Waals surface area contributed by atoms with Crippen LogP contribution in [0.3, 0.4) is 0 Å². The summed E-state index contributed by atoms with van der Waals surface area (Å²) in [5.41, 5.74) is 5.00. The van der Waals surface area contributed by atoms with Gasteiger partial charge in [0, 0.05) is 0 Å². The molecule has 0 atom stereocenters. The summed E-state index contributed by atoms with van der Waals surface area (Å²) in [6, 6.07) is 22.1. The molecule has 37 heavy (non-hydrogen) atoms. The molecule has 0 saturated carbocycles. The van der Waals surface area contributed by atoms with Gasteiger partial charge in [-0.15, -0.1) is 0 Å². The fraction of sp³-hybridized carbons (Fsp3) is 0.438. The van der Waals surface area contributed by atoms with Gasteiger partial charge in [-0.3, -0.25) is 0 Å². The zero-order chi connectivity index (χ0) is 27.2. The van der Waals surface area contributed by atoms with Gasteiger partial charge in [-0.1, -0.05) is 0 Å². The Bertz CT molecular complexity index is 1220. The summed E-state index contributed by atoms with van der Waals surface area (Å²) in [5.74, 6) is 1.85. The van der Waals surface area contributed by atoms with E-state index in [0.29, 0.717) is 0 Å². The summed E-state index contributed by atoms with van der Waals surface area (Å²) < 4.78 is 17.2. The molecular formula is C32H44N2O2Sn. The second kappa shape index (κ2) is 10.3. The Hall–Kier alpha value is -2.02. The van der Waals surface area contributed by atoms with Crippen LogP contribution in [-0.2, 0) is 23.9 Å². The molecule has 198 valence electrons. The predicted molar refractivity (Wildman–Crippen MR) is 158 cm³/mol. The van der Waals surface area contributed by atoms with Crippen molar-refractivity contribution in [2.45, 2.75) is 65.5 Å². The normalized spacial score (nSPS) is 15.0. The monoisotopic (exact) mass is 608 g/mol. The van der Waals surface area contributed by atoms with E-state index in [0.717, 1.165) is 24.6 Å². The fourth-order valence-corrected chi connectivity index (χ4v) is 15.2. The van der Waals surface area contributed by atoms with Crippen molar-refractivity contribution in [2.75, 3.05) is 28.2 Å². The minimum absolute atomic E-state index is 0.00478. The molecule has 4 nitrogen and oxygen atoms in total. The zero-order valence-electron chi connectivity index (χ0n) is 24.4. The van der Waals surface area contributed by atoms with Gasteiger partial charge in [0.25, 0.3) is 0 Å². The van der Waals surface area contributed by atoms with E-state index in [4.69, 9.17) is 6.15 Å². The standard InChI is InChI=1S/C14H22O2.2C9H12N.Sn/c1-13(2,3)9-7-10(14(4,5)6)12(16)11(15)8-9;2*1-10(2)8-9-6-4-3-5-7-9;/h7-8,15-16H,1-6H3;2*3-6H,8H2,1-2H3;/q;;;+2/p-2. The van der Waals surface area contributed by atoms with Crippen molar-refractivity contribution in [3.05, 3.63) is 82.9 Å². The first-order chi connectivity index (χ1) is 17.2. The summed E-state index contributed by atoms with van der Waals surface area (Å²) in [5, 5.41) is 0. The van der Waals surface area contributed by atoms with Crippen molar-refractivity contribution < 1.29 is 6.15 Å². The van der Waals surface area contributed by atoms with E-state index in [2.05, 4.69) is 140 Å². The quantitative estimate of drug-likeness (QED) is 0.349. The summed E-state index contributed by atoms with van der Waals surface area (Å²) in [6.07, 6.45) is 0. The van der Waals surface area contributed by atoms with Crippen molar-refractivity contribution in [1.82, 2.24) is 9.80 Å². The molecule has 1 aliphatic rings. The topological polar surface area (TPSA) is 24.9 Å². The van der Waals surface area contributed by atoms with Gasteiger partial charge in [-0.05, 0) is 0 Å². The minimum atomic E-state index is -4.22. The molecule has 0 aliphatic carbocycles. The summed E-state index contributed by atoms with van der Waals surface area (Å²) in [6.45, 7) is 15.3. The Morgan fingerprint density at radius 2 is 1.14 bits per heavy atom. The first-order valence-corrected chi connectivity index (χ1v) is 18.4. The Balaban J connectivity index is 2.03. The van der Waals surface area contributed by atoms with E-state index in [-0.39, 0.29) is 10.8 Å². The van der Waals surface area contributed by atoms with Crippen LogP contribution in [-0.4, -0.2) is 57.2 Å². The van der Waals surface area contributed by atoms with Crippen molar-refractivity contribution >= 4 is 26.4 Å². The van der Waals surface area contributed by atoms with Gasteiger partial charge >= 0.3 is 230 Å². The van der Waals surface area contributed by atoms with Gasteiger partial charge in [-0.2, -0.15) is 0 Å². The zero-order valence-corrected chi connectivity index (χ0v) is 27.3. The SMILES string of the molecule is CN(C)Cc1cccc[c]1[Sn]1([c]2ccccc2CN(C)C)[O]c2cc(C(C)(C)C)cc(C(C)(C)C)c2[O]1. The van der Waals surface area contributed by atoms with Crippen LogP contribution in [0.15, 0.2) is 60.7 Å². The van der Waals surface area contributed by atoms with Crippen molar-refractivity contribution in [3.8, 4) is 11.5 Å². The van der Waals surface area contributed by atoms with Gasteiger partial charge in [0.2, 0.25) is 0 Å². The van der Waals surface area contributed by atoms with Crippen LogP contribution in [0.1, 0.15) is 63.8 Å². The van der Waals surface area contributed by atoms with Crippen LogP contribution >= 0.6 is 0 Å². The third-order valence-corrected chi connectivity index (χ3v) is 16.6. The Morgan fingerprint density at radius 3 is 1.57 bits per heavy atom. The van der Waals surface area contributed by atoms with Crippen LogP contribution in [0, 0.1) is 0 Å². The molecule has 0 spiro atoms. The van der Waals surface area contributed by atoms with Crippen LogP contribution in [0.25, 0.3) is 0 Å². The van der Waals surface area contributed by atoms with Gasteiger partial charge < -0.3 is 0 Å². The molecule has 0 N–H and O–H groups in total. The number of fused-ring (bicyclic) bond motifs is 1. The molecule has 0 unspecified atom stereocenters. The molecule has 0 aromatic heterocycles. The van der Waals surface area contributed by atoms with Crippen molar-refractivity contribution in [3.63, 3.8) is 0 Å². The first-order valence-electron chi connectivity index (χ1n) is 13.3. The number of benzene rings is 3. The second-order valence-corrected chi connectivity index (χ2v) is 20.7. The molecule has 0 radical (unpaired) electrons. The summed E-state index contributed by atoms with van der Waals surface area (Å²) in [4.78, 5) is 4.45. The van der Waals surface area contributed by atoms with E-state index in [1.807, 2.05) is 0 Å². The van der Waals surface area contributed by atoms with Gasteiger partial charge in [0.1, 0.15) is 0 Å². The average molecular weight is 607 g/mol. The third kappa shape index (κ3) is 5.71. The van der Waals surface area contributed by atoms with Crippen LogP contribution in [0.2, 0.25) is 0 Å². The van der Waals surface area contributed by atoms with Gasteiger partial charge in [0.05, 0.1) is 0 Å². The molecule has 4 rings (SSSR count). The van der Waals surface area contributed by atoms with E-state index < -0.39 is 19.2 Å². The number of nitrogens with zero attached hydrogens (tertiary/aromatic N) is 2. The third-order valence-electron chi connectivity index (χ3n) is 6.95. The Kier molecular flexibility index (Phi) is 7.77. The number of hydrogen-bond acceptors (Lipinski definition) is 4. The average Bonchev–Trinajstić information content (AvgIpc) is 3.17. The maximum atomic E-state index is 7.39. The summed E-state index contributed by atoms with van der Waals surface area (Å²) in [7, 11) is 8.49. The first kappa shape index (κ1) is 28.0. The second-order valence-electron chi connectivity index (χ2n) is 13.0. The Morgan fingerprint density at radius 1 is 0.649 bits per heavy atom. The van der Waals surface area contributed by atoms with Crippen molar-refractivity contribution in [2.24, 2.45) is 0 Å². The molecule has 0 amide bonds. The number of rotatable bonds is 6. The molecule has 3 aromatic rings. The molecule has 0 bridgehead atoms. The fourth-order valence-electron chi connectivity index (χ4n) is 5.10. The van der Waals surface area contributed by atoms with E-state index in [1.54, 1.807) is 0 Å².